The van der Waals surface area contributed by atoms with Gasteiger partial charge in [0.1, 0.15) is 0 Å². The summed E-state index contributed by atoms with van der Waals surface area (Å²) in [6.07, 6.45) is 6.67. The van der Waals surface area contributed by atoms with Gasteiger partial charge in [-0.05, 0) is 24.7 Å². The standard InChI is InChI=1S/C14H24N2S/c1-11(2)13-5-3-4-6-14(13)15-8-7-12-9-17-10-16-12/h9-11,13-15H,3-8H2,1-2H3. The zero-order chi connectivity index (χ0) is 12.1. The largest absolute Gasteiger partial charge is 0.313 e. The topological polar surface area (TPSA) is 24.9 Å². The van der Waals surface area contributed by atoms with Crippen LogP contribution < -0.4 is 5.32 Å². The Morgan fingerprint density at radius 3 is 2.94 bits per heavy atom. The van der Waals surface area contributed by atoms with Crippen molar-refractivity contribution in [3.8, 4) is 0 Å². The van der Waals surface area contributed by atoms with Crippen LogP contribution in [0.4, 0.5) is 0 Å². The third-order valence-corrected chi connectivity index (χ3v) is 4.58. The zero-order valence-electron chi connectivity index (χ0n) is 11.0. The van der Waals surface area contributed by atoms with Crippen LogP contribution in [0.2, 0.25) is 0 Å². The van der Waals surface area contributed by atoms with E-state index in [2.05, 4.69) is 29.5 Å². The number of nitrogens with one attached hydrogen (secondary N) is 1. The van der Waals surface area contributed by atoms with E-state index in [0.29, 0.717) is 0 Å². The third-order valence-electron chi connectivity index (χ3n) is 3.95. The number of nitrogens with zero attached hydrogens (tertiary/aromatic N) is 1. The second-order valence-electron chi connectivity index (χ2n) is 5.48. The van der Waals surface area contributed by atoms with Crippen molar-refractivity contribution < 1.29 is 0 Å². The highest BCUT2D eigenvalue weighted by Gasteiger charge is 2.26. The lowest BCUT2D eigenvalue weighted by atomic mass is 9.78. The van der Waals surface area contributed by atoms with E-state index >= 15 is 0 Å². The lowest BCUT2D eigenvalue weighted by Crippen LogP contribution is -2.41. The van der Waals surface area contributed by atoms with E-state index in [9.17, 15) is 0 Å². The number of rotatable bonds is 5. The highest BCUT2D eigenvalue weighted by molar-refractivity contribution is 7.07. The maximum absolute atomic E-state index is 4.33. The van der Waals surface area contributed by atoms with Gasteiger partial charge in [0.05, 0.1) is 11.2 Å². The van der Waals surface area contributed by atoms with Crippen LogP contribution in [0.1, 0.15) is 45.2 Å². The predicted octanol–water partition coefficient (Wildman–Crippen LogP) is 3.49. The first-order chi connectivity index (χ1) is 8.27. The van der Waals surface area contributed by atoms with Crippen LogP contribution in [-0.2, 0) is 6.42 Å². The van der Waals surface area contributed by atoms with Crippen molar-refractivity contribution in [3.63, 3.8) is 0 Å². The molecule has 1 fully saturated rings. The van der Waals surface area contributed by atoms with Crippen LogP contribution >= 0.6 is 11.3 Å². The fourth-order valence-electron chi connectivity index (χ4n) is 2.96. The molecule has 0 aromatic carbocycles. The van der Waals surface area contributed by atoms with E-state index in [4.69, 9.17) is 0 Å². The van der Waals surface area contributed by atoms with Gasteiger partial charge < -0.3 is 5.32 Å². The molecule has 1 N–H and O–H groups in total. The van der Waals surface area contributed by atoms with Crippen molar-refractivity contribution in [2.75, 3.05) is 6.54 Å². The fourth-order valence-corrected chi connectivity index (χ4v) is 3.55. The summed E-state index contributed by atoms with van der Waals surface area (Å²) in [7, 11) is 0. The monoisotopic (exact) mass is 252 g/mol. The molecule has 0 saturated heterocycles. The van der Waals surface area contributed by atoms with Gasteiger partial charge in [0.25, 0.3) is 0 Å². The van der Waals surface area contributed by atoms with Crippen LogP contribution in [0.25, 0.3) is 0 Å². The average Bonchev–Trinajstić information content (AvgIpc) is 2.82. The molecule has 1 aliphatic rings. The molecule has 0 radical (unpaired) electrons. The van der Waals surface area contributed by atoms with Gasteiger partial charge in [-0.2, -0.15) is 0 Å². The summed E-state index contributed by atoms with van der Waals surface area (Å²) in [5.74, 6) is 1.69. The minimum absolute atomic E-state index is 0.738. The number of hydrogen-bond acceptors (Lipinski definition) is 3. The summed E-state index contributed by atoms with van der Waals surface area (Å²) in [6.45, 7) is 5.81. The van der Waals surface area contributed by atoms with Crippen molar-refractivity contribution in [3.05, 3.63) is 16.6 Å². The zero-order valence-corrected chi connectivity index (χ0v) is 11.8. The quantitative estimate of drug-likeness (QED) is 0.867. The van der Waals surface area contributed by atoms with Crippen molar-refractivity contribution >= 4 is 11.3 Å². The van der Waals surface area contributed by atoms with Gasteiger partial charge in [0, 0.05) is 24.4 Å². The molecule has 2 nitrogen and oxygen atoms in total. The van der Waals surface area contributed by atoms with Gasteiger partial charge in [0.2, 0.25) is 0 Å². The summed E-state index contributed by atoms with van der Waals surface area (Å²) in [5, 5.41) is 5.91. The Morgan fingerprint density at radius 1 is 1.41 bits per heavy atom. The van der Waals surface area contributed by atoms with Crippen LogP contribution in [0.3, 0.4) is 0 Å². The smallest absolute Gasteiger partial charge is 0.0794 e. The minimum Gasteiger partial charge on any atom is -0.313 e. The fraction of sp³-hybridized carbons (Fsp3) is 0.786. The lowest BCUT2D eigenvalue weighted by Gasteiger charge is -2.35. The highest BCUT2D eigenvalue weighted by Crippen LogP contribution is 2.30. The molecule has 17 heavy (non-hydrogen) atoms. The van der Waals surface area contributed by atoms with E-state index in [1.54, 1.807) is 11.3 Å². The summed E-state index contributed by atoms with van der Waals surface area (Å²) in [6, 6.07) is 0.738. The first-order valence-electron chi connectivity index (χ1n) is 6.88. The molecule has 1 aromatic heterocycles. The molecule has 2 atom stereocenters. The van der Waals surface area contributed by atoms with Crippen LogP contribution in [0, 0.1) is 11.8 Å². The molecule has 2 unspecified atom stereocenters. The molecule has 1 aliphatic carbocycles. The van der Waals surface area contributed by atoms with Crippen molar-refractivity contribution in [1.29, 1.82) is 0 Å². The molecule has 1 aromatic rings. The molecule has 3 heteroatoms. The Morgan fingerprint density at radius 2 is 2.24 bits per heavy atom. The summed E-state index contributed by atoms with van der Waals surface area (Å²) in [5.41, 5.74) is 3.16. The Hall–Kier alpha value is -0.410. The van der Waals surface area contributed by atoms with Gasteiger partial charge in [-0.15, -0.1) is 11.3 Å². The van der Waals surface area contributed by atoms with Crippen molar-refractivity contribution in [2.45, 2.75) is 52.0 Å². The average molecular weight is 252 g/mol. The lowest BCUT2D eigenvalue weighted by molar-refractivity contribution is 0.206. The van der Waals surface area contributed by atoms with E-state index < -0.39 is 0 Å². The first kappa shape index (κ1) is 13.0. The maximum Gasteiger partial charge on any atom is 0.0794 e. The second kappa shape index (κ2) is 6.50. The maximum atomic E-state index is 4.33. The Labute approximate surface area is 109 Å². The number of aromatic nitrogens is 1. The normalized spacial score (nSPS) is 25.4. The van der Waals surface area contributed by atoms with Crippen LogP contribution in [0.5, 0.6) is 0 Å². The summed E-state index contributed by atoms with van der Waals surface area (Å²) < 4.78 is 0. The van der Waals surface area contributed by atoms with Gasteiger partial charge in [-0.3, -0.25) is 0 Å². The molecule has 96 valence electrons. The third kappa shape index (κ3) is 3.78. The molecule has 2 rings (SSSR count). The van der Waals surface area contributed by atoms with E-state index in [1.165, 1.54) is 31.4 Å². The van der Waals surface area contributed by atoms with E-state index in [0.717, 1.165) is 30.8 Å². The van der Waals surface area contributed by atoms with Crippen LogP contribution in [0.15, 0.2) is 10.9 Å². The Balaban J connectivity index is 1.76. The van der Waals surface area contributed by atoms with Crippen LogP contribution in [-0.4, -0.2) is 17.6 Å². The molecule has 0 bridgehead atoms. The summed E-state index contributed by atoms with van der Waals surface area (Å²) >= 11 is 1.69. The number of thiazole rings is 1. The molecular weight excluding hydrogens is 228 g/mol. The van der Waals surface area contributed by atoms with E-state index in [-0.39, 0.29) is 0 Å². The Kier molecular flexibility index (Phi) is 4.99. The molecular formula is C14H24N2S. The second-order valence-corrected chi connectivity index (χ2v) is 6.20. The molecule has 0 aliphatic heterocycles. The van der Waals surface area contributed by atoms with Crippen molar-refractivity contribution in [1.82, 2.24) is 10.3 Å². The first-order valence-corrected chi connectivity index (χ1v) is 7.82. The number of hydrogen-bond donors (Lipinski definition) is 1. The molecule has 1 saturated carbocycles. The van der Waals surface area contributed by atoms with Gasteiger partial charge in [0.15, 0.2) is 0 Å². The highest BCUT2D eigenvalue weighted by atomic mass is 32.1. The molecule has 0 spiro atoms. The van der Waals surface area contributed by atoms with Gasteiger partial charge in [-0.1, -0.05) is 26.7 Å². The van der Waals surface area contributed by atoms with E-state index in [1.807, 2.05) is 5.51 Å². The Bertz CT molecular complexity index is 308. The van der Waals surface area contributed by atoms with Crippen molar-refractivity contribution in [2.24, 2.45) is 11.8 Å². The SMILES string of the molecule is CC(C)C1CCCCC1NCCc1cscn1. The molecule has 1 heterocycles. The minimum atomic E-state index is 0.738. The predicted molar refractivity (Wildman–Crippen MR) is 74.4 cm³/mol. The summed E-state index contributed by atoms with van der Waals surface area (Å²) in [4.78, 5) is 4.33. The van der Waals surface area contributed by atoms with Gasteiger partial charge >= 0.3 is 0 Å². The van der Waals surface area contributed by atoms with Gasteiger partial charge in [-0.25, -0.2) is 4.98 Å². The molecule has 0 amide bonds.